The van der Waals surface area contributed by atoms with Gasteiger partial charge in [-0.05, 0) is 30.0 Å². The number of piperazine rings is 1. The second kappa shape index (κ2) is 8.62. The van der Waals surface area contributed by atoms with E-state index in [-0.39, 0.29) is 24.4 Å². The molecule has 1 atom stereocenters. The third-order valence-corrected chi connectivity index (χ3v) is 3.97. The quantitative estimate of drug-likeness (QED) is 0.913. The van der Waals surface area contributed by atoms with E-state index in [0.29, 0.717) is 12.3 Å². The molecular weight excluding hydrogens is 307 g/mol. The number of amides is 1. The highest BCUT2D eigenvalue weighted by Gasteiger charge is 2.27. The lowest BCUT2D eigenvalue weighted by Crippen LogP contribution is -2.48. The molecule has 1 aromatic rings. The van der Waals surface area contributed by atoms with Crippen LogP contribution in [-0.4, -0.2) is 30.4 Å². The van der Waals surface area contributed by atoms with Crippen molar-refractivity contribution in [3.05, 3.63) is 34.9 Å². The van der Waals surface area contributed by atoms with Gasteiger partial charge >= 0.3 is 0 Å². The van der Waals surface area contributed by atoms with Crippen molar-refractivity contribution in [1.29, 1.82) is 0 Å². The molecule has 0 spiro atoms. The minimum absolute atomic E-state index is 0. The minimum Gasteiger partial charge on any atom is -0.333 e. The number of rotatable bonds is 4. The van der Waals surface area contributed by atoms with Crippen molar-refractivity contribution in [3.8, 4) is 0 Å². The third kappa shape index (κ3) is 5.17. The highest BCUT2D eigenvalue weighted by atomic mass is 35.5. The Morgan fingerprint density at radius 2 is 2.24 bits per heavy atom. The molecule has 1 heterocycles. The Morgan fingerprint density at radius 1 is 1.48 bits per heavy atom. The summed E-state index contributed by atoms with van der Waals surface area (Å²) in [4.78, 5) is 14.4. The Labute approximate surface area is 138 Å². The molecule has 21 heavy (non-hydrogen) atoms. The van der Waals surface area contributed by atoms with Crippen LogP contribution in [0.4, 0.5) is 0 Å². The topological polar surface area (TPSA) is 32.3 Å². The van der Waals surface area contributed by atoms with E-state index in [0.717, 1.165) is 36.6 Å². The lowest BCUT2D eigenvalue weighted by atomic mass is 10.0. The average molecular weight is 331 g/mol. The van der Waals surface area contributed by atoms with Crippen LogP contribution >= 0.6 is 24.0 Å². The first-order valence-corrected chi connectivity index (χ1v) is 7.71. The molecule has 118 valence electrons. The summed E-state index contributed by atoms with van der Waals surface area (Å²) >= 11 is 6.07. The summed E-state index contributed by atoms with van der Waals surface area (Å²) in [6, 6.07) is 7.92. The molecule has 1 fully saturated rings. The van der Waals surface area contributed by atoms with E-state index >= 15 is 0 Å². The van der Waals surface area contributed by atoms with Gasteiger partial charge in [-0.15, -0.1) is 12.4 Å². The number of carbonyl (C=O) groups excluding carboxylic acids is 1. The van der Waals surface area contributed by atoms with Gasteiger partial charge in [0.2, 0.25) is 5.91 Å². The van der Waals surface area contributed by atoms with E-state index in [4.69, 9.17) is 11.6 Å². The first kappa shape index (κ1) is 18.3. The lowest BCUT2D eigenvalue weighted by molar-refractivity contribution is -0.134. The summed E-state index contributed by atoms with van der Waals surface area (Å²) in [5.41, 5.74) is 1.11. The molecule has 1 saturated heterocycles. The van der Waals surface area contributed by atoms with Gasteiger partial charge in [0.1, 0.15) is 0 Å². The molecular formula is C16H24Cl2N2O. The predicted octanol–water partition coefficient (Wildman–Crippen LogP) is 3.67. The van der Waals surface area contributed by atoms with Crippen LogP contribution in [0.3, 0.4) is 0 Å². The number of halogens is 2. The van der Waals surface area contributed by atoms with Gasteiger partial charge in [0.05, 0.1) is 6.04 Å². The molecule has 0 aromatic heterocycles. The predicted molar refractivity (Wildman–Crippen MR) is 90.1 cm³/mol. The number of hydrogen-bond donors (Lipinski definition) is 1. The zero-order chi connectivity index (χ0) is 14.5. The van der Waals surface area contributed by atoms with Gasteiger partial charge in [0, 0.05) is 31.1 Å². The monoisotopic (exact) mass is 330 g/mol. The van der Waals surface area contributed by atoms with Gasteiger partial charge in [-0.1, -0.05) is 37.6 Å². The van der Waals surface area contributed by atoms with Gasteiger partial charge in [-0.25, -0.2) is 0 Å². The largest absolute Gasteiger partial charge is 0.333 e. The molecule has 0 saturated carbocycles. The fourth-order valence-corrected chi connectivity index (χ4v) is 2.77. The number of hydrogen-bond acceptors (Lipinski definition) is 2. The van der Waals surface area contributed by atoms with Gasteiger partial charge < -0.3 is 10.2 Å². The van der Waals surface area contributed by atoms with Crippen LogP contribution in [0, 0.1) is 5.92 Å². The zero-order valence-electron chi connectivity index (χ0n) is 12.6. The molecule has 0 bridgehead atoms. The van der Waals surface area contributed by atoms with Gasteiger partial charge in [-0.3, -0.25) is 4.79 Å². The van der Waals surface area contributed by atoms with Gasteiger partial charge in [0.25, 0.3) is 0 Å². The van der Waals surface area contributed by atoms with Gasteiger partial charge in [0.15, 0.2) is 0 Å². The smallest absolute Gasteiger partial charge is 0.223 e. The van der Waals surface area contributed by atoms with Crippen molar-refractivity contribution in [3.63, 3.8) is 0 Å². The van der Waals surface area contributed by atoms with E-state index in [2.05, 4.69) is 19.2 Å². The van der Waals surface area contributed by atoms with Crippen molar-refractivity contribution < 1.29 is 4.79 Å². The van der Waals surface area contributed by atoms with Crippen molar-refractivity contribution in [2.75, 3.05) is 19.6 Å². The first-order valence-electron chi connectivity index (χ1n) is 7.33. The second-order valence-corrected chi connectivity index (χ2v) is 6.23. The van der Waals surface area contributed by atoms with Gasteiger partial charge in [-0.2, -0.15) is 0 Å². The van der Waals surface area contributed by atoms with Crippen molar-refractivity contribution in [2.45, 2.75) is 32.7 Å². The van der Waals surface area contributed by atoms with E-state index in [1.807, 2.05) is 29.2 Å². The molecule has 2 rings (SSSR count). The molecule has 1 aliphatic rings. The molecule has 1 aromatic carbocycles. The van der Waals surface area contributed by atoms with Crippen molar-refractivity contribution >= 4 is 29.9 Å². The zero-order valence-corrected chi connectivity index (χ0v) is 14.2. The van der Waals surface area contributed by atoms with Crippen molar-refractivity contribution in [2.24, 2.45) is 5.92 Å². The van der Waals surface area contributed by atoms with E-state index in [1.54, 1.807) is 0 Å². The minimum atomic E-state index is 0. The van der Waals surface area contributed by atoms with Crippen molar-refractivity contribution in [1.82, 2.24) is 10.2 Å². The molecule has 3 nitrogen and oxygen atoms in total. The maximum Gasteiger partial charge on any atom is 0.223 e. The van der Waals surface area contributed by atoms with Crippen LogP contribution < -0.4 is 5.32 Å². The number of benzene rings is 1. The Kier molecular flexibility index (Phi) is 7.50. The SMILES string of the molecule is CC(C)CCC(=O)N1CCNCC1c1cccc(Cl)c1.Cl. The molecule has 1 unspecified atom stereocenters. The van der Waals surface area contributed by atoms with Crippen LogP contribution in [0.5, 0.6) is 0 Å². The molecule has 1 N–H and O–H groups in total. The fourth-order valence-electron chi connectivity index (χ4n) is 2.57. The Morgan fingerprint density at radius 3 is 2.90 bits per heavy atom. The molecule has 5 heteroatoms. The summed E-state index contributed by atoms with van der Waals surface area (Å²) in [5, 5.41) is 4.09. The summed E-state index contributed by atoms with van der Waals surface area (Å²) in [6.45, 7) is 6.74. The lowest BCUT2D eigenvalue weighted by Gasteiger charge is -2.37. The molecule has 1 aliphatic heterocycles. The maximum absolute atomic E-state index is 12.4. The Balaban J connectivity index is 0.00000220. The highest BCUT2D eigenvalue weighted by Crippen LogP contribution is 2.25. The van der Waals surface area contributed by atoms with E-state index in [9.17, 15) is 4.79 Å². The normalized spacial score (nSPS) is 18.5. The number of nitrogens with zero attached hydrogens (tertiary/aromatic N) is 1. The summed E-state index contributed by atoms with van der Waals surface area (Å²) < 4.78 is 0. The average Bonchev–Trinajstić information content (AvgIpc) is 2.44. The second-order valence-electron chi connectivity index (χ2n) is 5.79. The summed E-state index contributed by atoms with van der Waals surface area (Å²) in [5.74, 6) is 0.816. The van der Waals surface area contributed by atoms with E-state index in [1.165, 1.54) is 0 Å². The van der Waals surface area contributed by atoms with Crippen LogP contribution in [0.1, 0.15) is 38.3 Å². The van der Waals surface area contributed by atoms with Crippen LogP contribution in [-0.2, 0) is 4.79 Å². The van der Waals surface area contributed by atoms with Crippen LogP contribution in [0.2, 0.25) is 5.02 Å². The summed E-state index contributed by atoms with van der Waals surface area (Å²) in [7, 11) is 0. The summed E-state index contributed by atoms with van der Waals surface area (Å²) in [6.07, 6.45) is 1.58. The number of carbonyl (C=O) groups is 1. The van der Waals surface area contributed by atoms with Crippen LogP contribution in [0.15, 0.2) is 24.3 Å². The third-order valence-electron chi connectivity index (χ3n) is 3.73. The highest BCUT2D eigenvalue weighted by molar-refractivity contribution is 6.30. The van der Waals surface area contributed by atoms with E-state index < -0.39 is 0 Å². The number of nitrogens with one attached hydrogen (secondary N) is 1. The maximum atomic E-state index is 12.4. The molecule has 1 amide bonds. The molecule has 0 radical (unpaired) electrons. The van der Waals surface area contributed by atoms with Crippen LogP contribution in [0.25, 0.3) is 0 Å². The fraction of sp³-hybridized carbons (Fsp3) is 0.562. The Hall–Kier alpha value is -0.770. The molecule has 0 aliphatic carbocycles. The Bertz CT molecular complexity index is 465. The standard InChI is InChI=1S/C16H23ClN2O.ClH/c1-12(2)6-7-16(20)19-9-8-18-11-15(19)13-4-3-5-14(17)10-13;/h3-5,10,12,15,18H,6-9,11H2,1-2H3;1H. The first-order chi connectivity index (χ1) is 9.58.